The highest BCUT2D eigenvalue weighted by Gasteiger charge is 2.21. The Balaban J connectivity index is 1.67. The number of piperazine rings is 1. The van der Waals surface area contributed by atoms with Crippen LogP contribution in [0.5, 0.6) is 5.75 Å². The molecule has 0 spiro atoms. The first-order valence-corrected chi connectivity index (χ1v) is 6.90. The first kappa shape index (κ1) is 13.7. The lowest BCUT2D eigenvalue weighted by Crippen LogP contribution is -2.51. The zero-order valence-corrected chi connectivity index (χ0v) is 11.6. The first-order chi connectivity index (χ1) is 10.4. The maximum Gasteiger partial charge on any atom is 0.209 e. The van der Waals surface area contributed by atoms with Crippen molar-refractivity contribution in [3.8, 4) is 11.4 Å². The third-order valence-electron chi connectivity index (χ3n) is 3.41. The molecule has 0 saturated carbocycles. The van der Waals surface area contributed by atoms with Gasteiger partial charge in [-0.3, -0.25) is 9.69 Å². The van der Waals surface area contributed by atoms with Crippen LogP contribution in [0.15, 0.2) is 36.7 Å². The Morgan fingerprint density at radius 1 is 1.24 bits per heavy atom. The van der Waals surface area contributed by atoms with Crippen LogP contribution in [0.25, 0.3) is 5.69 Å². The van der Waals surface area contributed by atoms with Crippen molar-refractivity contribution in [1.29, 1.82) is 0 Å². The van der Waals surface area contributed by atoms with Crippen molar-refractivity contribution in [3.63, 3.8) is 0 Å². The third-order valence-corrected chi connectivity index (χ3v) is 3.41. The number of hydrogen-bond acceptors (Lipinski definition) is 6. The Hall–Kier alpha value is -2.25. The van der Waals surface area contributed by atoms with Gasteiger partial charge in [0.2, 0.25) is 6.23 Å². The smallest absolute Gasteiger partial charge is 0.209 e. The van der Waals surface area contributed by atoms with Gasteiger partial charge in [0.25, 0.3) is 0 Å². The molecule has 1 aromatic carbocycles. The van der Waals surface area contributed by atoms with Crippen LogP contribution >= 0.6 is 0 Å². The molecule has 1 unspecified atom stereocenters. The standard InChI is InChI=1S/C14H17N5O2/c20-11-14(18-8-5-15-6-9-18)21-13-3-1-12(2-4-13)19-10-7-16-17-19/h1-4,7,10-11,14-15H,5-6,8-9H2. The molecule has 1 aliphatic rings. The molecule has 0 radical (unpaired) electrons. The van der Waals surface area contributed by atoms with E-state index in [1.54, 1.807) is 17.1 Å². The number of rotatable bonds is 5. The molecule has 110 valence electrons. The molecule has 7 nitrogen and oxygen atoms in total. The van der Waals surface area contributed by atoms with Crippen molar-refractivity contribution in [2.75, 3.05) is 26.2 Å². The van der Waals surface area contributed by atoms with Crippen LogP contribution in [0.2, 0.25) is 0 Å². The molecule has 1 fully saturated rings. The normalized spacial score (nSPS) is 17.3. The van der Waals surface area contributed by atoms with Gasteiger partial charge in [-0.1, -0.05) is 5.21 Å². The second-order valence-corrected chi connectivity index (χ2v) is 4.77. The van der Waals surface area contributed by atoms with E-state index in [0.29, 0.717) is 5.75 Å². The quantitative estimate of drug-likeness (QED) is 0.785. The lowest BCUT2D eigenvalue weighted by molar-refractivity contribution is -0.122. The summed E-state index contributed by atoms with van der Waals surface area (Å²) in [7, 11) is 0. The SMILES string of the molecule is O=CC(Oc1ccc(-n2ccnn2)cc1)N1CCNCC1. The van der Waals surface area contributed by atoms with Crippen LogP contribution in [0, 0.1) is 0 Å². The molecule has 0 amide bonds. The Kier molecular flexibility index (Phi) is 4.23. The number of aromatic nitrogens is 3. The molecule has 1 aromatic heterocycles. The number of hydrogen-bond donors (Lipinski definition) is 1. The minimum Gasteiger partial charge on any atom is -0.468 e. The predicted molar refractivity (Wildman–Crippen MR) is 76.3 cm³/mol. The highest BCUT2D eigenvalue weighted by molar-refractivity contribution is 5.56. The van der Waals surface area contributed by atoms with Crippen molar-refractivity contribution < 1.29 is 9.53 Å². The zero-order chi connectivity index (χ0) is 14.5. The Morgan fingerprint density at radius 3 is 2.62 bits per heavy atom. The van der Waals surface area contributed by atoms with Crippen molar-refractivity contribution in [3.05, 3.63) is 36.7 Å². The number of nitrogens with one attached hydrogen (secondary N) is 1. The van der Waals surface area contributed by atoms with Crippen LogP contribution in [0.3, 0.4) is 0 Å². The topological polar surface area (TPSA) is 72.3 Å². The molecular weight excluding hydrogens is 270 g/mol. The van der Waals surface area contributed by atoms with Crippen LogP contribution in [0.1, 0.15) is 0 Å². The van der Waals surface area contributed by atoms with Crippen LogP contribution in [-0.2, 0) is 4.79 Å². The molecule has 1 aliphatic heterocycles. The van der Waals surface area contributed by atoms with Gasteiger partial charge in [0, 0.05) is 26.2 Å². The number of nitrogens with zero attached hydrogens (tertiary/aromatic N) is 4. The summed E-state index contributed by atoms with van der Waals surface area (Å²) in [6.45, 7) is 3.36. The number of carbonyl (C=O) groups is 1. The molecular formula is C14H17N5O2. The van der Waals surface area contributed by atoms with E-state index < -0.39 is 6.23 Å². The highest BCUT2D eigenvalue weighted by Crippen LogP contribution is 2.16. The summed E-state index contributed by atoms with van der Waals surface area (Å²) in [6.07, 6.45) is 3.70. The van der Waals surface area contributed by atoms with Gasteiger partial charge in [-0.15, -0.1) is 5.10 Å². The molecule has 21 heavy (non-hydrogen) atoms. The molecule has 1 atom stereocenters. The van der Waals surface area contributed by atoms with E-state index in [0.717, 1.165) is 38.2 Å². The Labute approximate surface area is 122 Å². The summed E-state index contributed by atoms with van der Waals surface area (Å²) >= 11 is 0. The minimum atomic E-state index is -0.538. The maximum atomic E-state index is 11.3. The lowest BCUT2D eigenvalue weighted by atomic mass is 10.3. The fraction of sp³-hybridized carbons (Fsp3) is 0.357. The second-order valence-electron chi connectivity index (χ2n) is 4.77. The van der Waals surface area contributed by atoms with Crippen molar-refractivity contribution in [1.82, 2.24) is 25.2 Å². The van der Waals surface area contributed by atoms with E-state index in [1.807, 2.05) is 29.2 Å². The monoisotopic (exact) mass is 287 g/mol. The van der Waals surface area contributed by atoms with Crippen molar-refractivity contribution in [2.45, 2.75) is 6.23 Å². The molecule has 1 N–H and O–H groups in total. The van der Waals surface area contributed by atoms with Crippen molar-refractivity contribution >= 4 is 6.29 Å². The van der Waals surface area contributed by atoms with Gasteiger partial charge in [-0.2, -0.15) is 0 Å². The number of aldehydes is 1. The largest absolute Gasteiger partial charge is 0.468 e. The lowest BCUT2D eigenvalue weighted by Gasteiger charge is -2.31. The van der Waals surface area contributed by atoms with Gasteiger partial charge in [0.1, 0.15) is 5.75 Å². The summed E-state index contributed by atoms with van der Waals surface area (Å²) in [6, 6.07) is 7.42. The van der Waals surface area contributed by atoms with Gasteiger partial charge in [-0.25, -0.2) is 4.68 Å². The average molecular weight is 287 g/mol. The van der Waals surface area contributed by atoms with E-state index in [-0.39, 0.29) is 0 Å². The third kappa shape index (κ3) is 3.26. The maximum absolute atomic E-state index is 11.3. The molecule has 3 rings (SSSR count). The molecule has 0 bridgehead atoms. The number of ether oxygens (including phenoxy) is 1. The van der Waals surface area contributed by atoms with Gasteiger partial charge in [0.05, 0.1) is 18.1 Å². The predicted octanol–water partition coefficient (Wildman–Crippen LogP) is 0.0763. The number of carbonyl (C=O) groups excluding carboxylic acids is 1. The molecule has 1 saturated heterocycles. The fourth-order valence-electron chi connectivity index (χ4n) is 2.29. The van der Waals surface area contributed by atoms with Crippen LogP contribution < -0.4 is 10.1 Å². The highest BCUT2D eigenvalue weighted by atomic mass is 16.5. The van der Waals surface area contributed by atoms with E-state index in [2.05, 4.69) is 15.6 Å². The second kappa shape index (κ2) is 6.47. The van der Waals surface area contributed by atoms with Crippen LogP contribution in [-0.4, -0.2) is 58.6 Å². The van der Waals surface area contributed by atoms with Gasteiger partial charge >= 0.3 is 0 Å². The fourth-order valence-corrected chi connectivity index (χ4v) is 2.29. The molecule has 0 aliphatic carbocycles. The van der Waals surface area contributed by atoms with Gasteiger partial charge in [0.15, 0.2) is 6.29 Å². The zero-order valence-electron chi connectivity index (χ0n) is 11.6. The summed E-state index contributed by atoms with van der Waals surface area (Å²) in [4.78, 5) is 13.3. The van der Waals surface area contributed by atoms with E-state index in [4.69, 9.17) is 4.74 Å². The summed E-state index contributed by atoms with van der Waals surface area (Å²) in [5.41, 5.74) is 0.893. The Morgan fingerprint density at radius 2 is 2.00 bits per heavy atom. The van der Waals surface area contributed by atoms with Crippen LogP contribution in [0.4, 0.5) is 0 Å². The summed E-state index contributed by atoms with van der Waals surface area (Å²) < 4.78 is 7.42. The minimum absolute atomic E-state index is 0.538. The van der Waals surface area contributed by atoms with Gasteiger partial charge < -0.3 is 10.1 Å². The first-order valence-electron chi connectivity index (χ1n) is 6.90. The van der Waals surface area contributed by atoms with E-state index in [1.165, 1.54) is 0 Å². The average Bonchev–Trinajstić information content (AvgIpc) is 3.08. The molecule has 2 aromatic rings. The van der Waals surface area contributed by atoms with Gasteiger partial charge in [-0.05, 0) is 24.3 Å². The number of benzene rings is 1. The summed E-state index contributed by atoms with van der Waals surface area (Å²) in [5, 5.41) is 10.9. The summed E-state index contributed by atoms with van der Waals surface area (Å²) in [5.74, 6) is 0.662. The Bertz CT molecular complexity index is 564. The van der Waals surface area contributed by atoms with E-state index in [9.17, 15) is 4.79 Å². The van der Waals surface area contributed by atoms with Crippen molar-refractivity contribution in [2.24, 2.45) is 0 Å². The molecule has 2 heterocycles. The molecule has 7 heteroatoms. The van der Waals surface area contributed by atoms with E-state index >= 15 is 0 Å².